The van der Waals surface area contributed by atoms with Crippen LogP contribution in [0, 0.1) is 0 Å². The highest BCUT2D eigenvalue weighted by atomic mass is 35.5. The Hall–Kier alpha value is 0.180. The van der Waals surface area contributed by atoms with Gasteiger partial charge in [0.15, 0.2) is 5.75 Å². The number of benzene rings is 1. The molecule has 0 spiro atoms. The second-order valence-corrected chi connectivity index (χ2v) is 4.59. The first kappa shape index (κ1) is 11.3. The summed E-state index contributed by atoms with van der Waals surface area (Å²) in [6, 6.07) is 4.41. The van der Waals surface area contributed by atoms with E-state index in [0.29, 0.717) is 11.1 Å². The highest BCUT2D eigenvalue weighted by molar-refractivity contribution is 6.45. The first-order chi connectivity index (χ1) is 6.02. The van der Waals surface area contributed by atoms with Crippen LogP contribution in [0.3, 0.4) is 0 Å². The molecule has 0 N–H and O–H groups in total. The quantitative estimate of drug-likeness (QED) is 0.681. The number of halogens is 4. The van der Waals surface area contributed by atoms with Crippen molar-refractivity contribution in [2.24, 2.45) is 0 Å². The standard InChI is InChI=1S/C8H5Cl4O/c9-7(10)4-1-2-6(13)5(3-4)8(11)12/h1-3,7-8H. The Kier molecular flexibility index (Phi) is 3.99. The summed E-state index contributed by atoms with van der Waals surface area (Å²) in [5.74, 6) is -0.215. The van der Waals surface area contributed by atoms with Crippen molar-refractivity contribution >= 4 is 46.4 Å². The van der Waals surface area contributed by atoms with E-state index in [1.807, 2.05) is 0 Å². The summed E-state index contributed by atoms with van der Waals surface area (Å²) in [5, 5.41) is 11.2. The SMILES string of the molecule is [O]c1ccc(C(Cl)Cl)cc1C(Cl)Cl. The molecule has 1 nitrogen and oxygen atoms in total. The van der Waals surface area contributed by atoms with E-state index in [1.54, 1.807) is 6.07 Å². The van der Waals surface area contributed by atoms with Gasteiger partial charge in [0.05, 0.1) is 0 Å². The molecule has 0 aliphatic heterocycles. The average molecular weight is 259 g/mol. The van der Waals surface area contributed by atoms with Crippen molar-refractivity contribution < 1.29 is 5.11 Å². The van der Waals surface area contributed by atoms with Gasteiger partial charge in [-0.3, -0.25) is 5.11 Å². The molecule has 1 aromatic carbocycles. The summed E-state index contributed by atoms with van der Waals surface area (Å²) in [6.45, 7) is 0. The molecule has 0 saturated heterocycles. The molecule has 0 amide bonds. The fraction of sp³-hybridized carbons (Fsp3) is 0.250. The van der Waals surface area contributed by atoms with Gasteiger partial charge in [-0.2, -0.15) is 0 Å². The van der Waals surface area contributed by atoms with Crippen molar-refractivity contribution in [2.75, 3.05) is 0 Å². The Labute approximate surface area is 96.2 Å². The van der Waals surface area contributed by atoms with Gasteiger partial charge in [0.25, 0.3) is 0 Å². The fourth-order valence-electron chi connectivity index (χ4n) is 0.873. The monoisotopic (exact) mass is 257 g/mol. The zero-order valence-electron chi connectivity index (χ0n) is 6.31. The topological polar surface area (TPSA) is 19.9 Å². The Balaban J connectivity index is 3.11. The zero-order valence-corrected chi connectivity index (χ0v) is 9.33. The van der Waals surface area contributed by atoms with Crippen LogP contribution in [-0.2, 0) is 5.11 Å². The third-order valence-corrected chi connectivity index (χ3v) is 2.50. The van der Waals surface area contributed by atoms with Gasteiger partial charge < -0.3 is 0 Å². The second-order valence-electron chi connectivity index (χ2n) is 2.40. The third kappa shape index (κ3) is 2.81. The van der Waals surface area contributed by atoms with E-state index in [4.69, 9.17) is 46.4 Å². The van der Waals surface area contributed by atoms with Crippen molar-refractivity contribution in [2.45, 2.75) is 9.67 Å². The molecule has 1 radical (unpaired) electrons. The maximum absolute atomic E-state index is 11.2. The molecule has 0 saturated carbocycles. The average Bonchev–Trinajstić information content (AvgIpc) is 2.04. The van der Waals surface area contributed by atoms with Crippen molar-refractivity contribution in [3.63, 3.8) is 0 Å². The molecule has 0 atom stereocenters. The normalized spacial score (nSPS) is 11.2. The molecule has 0 aliphatic rings. The Morgan fingerprint density at radius 1 is 1.00 bits per heavy atom. The minimum absolute atomic E-state index is 0.215. The van der Waals surface area contributed by atoms with Crippen molar-refractivity contribution in [3.8, 4) is 5.75 Å². The van der Waals surface area contributed by atoms with Crippen LogP contribution in [0.25, 0.3) is 0 Å². The van der Waals surface area contributed by atoms with Crippen molar-refractivity contribution in [1.82, 2.24) is 0 Å². The molecule has 0 heterocycles. The van der Waals surface area contributed by atoms with Crippen LogP contribution >= 0.6 is 46.4 Å². The van der Waals surface area contributed by atoms with Gasteiger partial charge in [-0.25, -0.2) is 0 Å². The van der Waals surface area contributed by atoms with Gasteiger partial charge in [0, 0.05) is 5.56 Å². The second kappa shape index (κ2) is 4.61. The number of alkyl halides is 4. The fourth-order valence-corrected chi connectivity index (χ4v) is 1.49. The lowest BCUT2D eigenvalue weighted by atomic mass is 10.1. The molecule has 0 aliphatic carbocycles. The van der Waals surface area contributed by atoms with Gasteiger partial charge in [-0.1, -0.05) is 29.3 Å². The molecule has 0 aromatic heterocycles. The molecule has 0 fully saturated rings. The van der Waals surface area contributed by atoms with Crippen LogP contribution in [0.1, 0.15) is 20.8 Å². The van der Waals surface area contributed by atoms with Crippen LogP contribution in [-0.4, -0.2) is 0 Å². The summed E-state index contributed by atoms with van der Waals surface area (Å²) in [7, 11) is 0. The maximum atomic E-state index is 11.2. The molecule has 1 aromatic rings. The largest absolute Gasteiger partial charge is 0.290 e. The van der Waals surface area contributed by atoms with Crippen LogP contribution < -0.4 is 0 Å². The Morgan fingerprint density at radius 3 is 2.08 bits per heavy atom. The minimum Gasteiger partial charge on any atom is -0.290 e. The predicted octanol–water partition coefficient (Wildman–Crippen LogP) is 4.78. The van der Waals surface area contributed by atoms with E-state index >= 15 is 0 Å². The third-order valence-electron chi connectivity index (χ3n) is 1.52. The van der Waals surface area contributed by atoms with Gasteiger partial charge in [-0.15, -0.1) is 23.2 Å². The molecular weight excluding hydrogens is 254 g/mol. The van der Waals surface area contributed by atoms with Crippen LogP contribution in [0.5, 0.6) is 5.75 Å². The van der Waals surface area contributed by atoms with Crippen LogP contribution in [0.15, 0.2) is 18.2 Å². The highest BCUT2D eigenvalue weighted by Gasteiger charge is 2.13. The summed E-state index contributed by atoms with van der Waals surface area (Å²) in [6.07, 6.45) is 0. The van der Waals surface area contributed by atoms with E-state index < -0.39 is 9.67 Å². The zero-order chi connectivity index (χ0) is 10.0. The highest BCUT2D eigenvalue weighted by Crippen LogP contribution is 2.36. The Morgan fingerprint density at radius 2 is 1.62 bits per heavy atom. The lowest BCUT2D eigenvalue weighted by Crippen LogP contribution is -1.87. The van der Waals surface area contributed by atoms with Crippen LogP contribution in [0.2, 0.25) is 0 Å². The lowest BCUT2D eigenvalue weighted by molar-refractivity contribution is 0.351. The first-order valence-corrected chi connectivity index (χ1v) is 5.14. The molecule has 13 heavy (non-hydrogen) atoms. The predicted molar refractivity (Wildman–Crippen MR) is 55.5 cm³/mol. The summed E-state index contributed by atoms with van der Waals surface area (Å²) >= 11 is 22.3. The van der Waals surface area contributed by atoms with Crippen molar-refractivity contribution in [3.05, 3.63) is 29.3 Å². The summed E-state index contributed by atoms with van der Waals surface area (Å²) in [5.41, 5.74) is 0.913. The van der Waals surface area contributed by atoms with Crippen LogP contribution in [0.4, 0.5) is 0 Å². The molecule has 5 heteroatoms. The smallest absolute Gasteiger partial charge is 0.184 e. The number of rotatable bonds is 2. The van der Waals surface area contributed by atoms with Gasteiger partial charge in [-0.05, 0) is 17.7 Å². The number of hydrogen-bond donors (Lipinski definition) is 0. The van der Waals surface area contributed by atoms with E-state index in [0.717, 1.165) is 0 Å². The summed E-state index contributed by atoms with van der Waals surface area (Å²) in [4.78, 5) is -1.52. The molecule has 0 bridgehead atoms. The van der Waals surface area contributed by atoms with E-state index in [2.05, 4.69) is 0 Å². The first-order valence-electron chi connectivity index (χ1n) is 3.39. The maximum Gasteiger partial charge on any atom is 0.184 e. The molecule has 71 valence electrons. The van der Waals surface area contributed by atoms with E-state index in [9.17, 15) is 5.11 Å². The Bertz CT molecular complexity index is 298. The minimum atomic E-state index is -0.848. The lowest BCUT2D eigenvalue weighted by Gasteiger charge is -2.06. The molecule has 1 rings (SSSR count). The van der Waals surface area contributed by atoms with Gasteiger partial charge in [0.1, 0.15) is 9.67 Å². The van der Waals surface area contributed by atoms with Gasteiger partial charge in [0.2, 0.25) is 0 Å². The van der Waals surface area contributed by atoms with Crippen molar-refractivity contribution in [1.29, 1.82) is 0 Å². The van der Waals surface area contributed by atoms with E-state index in [1.165, 1.54) is 12.1 Å². The van der Waals surface area contributed by atoms with Gasteiger partial charge >= 0.3 is 0 Å². The number of hydrogen-bond acceptors (Lipinski definition) is 0. The molecule has 0 unspecified atom stereocenters. The summed E-state index contributed by atoms with van der Waals surface area (Å²) < 4.78 is 0. The molecular formula is C8H5Cl4O. The van der Waals surface area contributed by atoms with E-state index in [-0.39, 0.29) is 5.75 Å².